The molecule has 0 fully saturated rings. The highest BCUT2D eigenvalue weighted by molar-refractivity contribution is 9.10. The van der Waals surface area contributed by atoms with Gasteiger partial charge in [-0.1, -0.05) is 15.9 Å². The van der Waals surface area contributed by atoms with E-state index in [1.165, 1.54) is 0 Å². The van der Waals surface area contributed by atoms with E-state index in [1.807, 2.05) is 0 Å². The third kappa shape index (κ3) is 2.67. The molecule has 0 unspecified atom stereocenters. The molecule has 0 aliphatic carbocycles. The maximum absolute atomic E-state index is 11.4. The Morgan fingerprint density at radius 1 is 1.50 bits per heavy atom. The highest BCUT2D eigenvalue weighted by Crippen LogP contribution is 2.25. The van der Waals surface area contributed by atoms with Crippen molar-refractivity contribution in [2.45, 2.75) is 6.92 Å². The quantitative estimate of drug-likeness (QED) is 0.690. The predicted octanol–water partition coefficient (Wildman–Crippen LogP) is 2.26. The number of aromatic nitrogens is 2. The van der Waals surface area contributed by atoms with Crippen molar-refractivity contribution in [1.82, 2.24) is 10.1 Å². The second-order valence-electron chi connectivity index (χ2n) is 3.42. The van der Waals surface area contributed by atoms with Crippen LogP contribution in [0.1, 0.15) is 17.5 Å². The first-order valence-electron chi connectivity index (χ1n) is 5.17. The molecule has 0 amide bonds. The van der Waals surface area contributed by atoms with E-state index in [9.17, 15) is 4.79 Å². The topological polar surface area (TPSA) is 91.2 Å². The lowest BCUT2D eigenvalue weighted by Crippen LogP contribution is -2.06. The highest BCUT2D eigenvalue weighted by Gasteiger charge is 2.16. The molecule has 0 saturated carbocycles. The van der Waals surface area contributed by atoms with Crippen LogP contribution in [0, 0.1) is 0 Å². The smallest absolute Gasteiger partial charge is 0.379 e. The maximum Gasteiger partial charge on any atom is 0.379 e. The Hall–Kier alpha value is -1.89. The highest BCUT2D eigenvalue weighted by atomic mass is 79.9. The minimum absolute atomic E-state index is 0.106. The monoisotopic (exact) mass is 311 g/mol. The molecule has 18 heavy (non-hydrogen) atoms. The predicted molar refractivity (Wildman–Crippen MR) is 67.8 cm³/mol. The normalized spacial score (nSPS) is 10.3. The van der Waals surface area contributed by atoms with Gasteiger partial charge in [0, 0.05) is 15.7 Å². The molecule has 0 atom stereocenters. The molecular formula is C11H10BrN3O3. The zero-order chi connectivity index (χ0) is 13.1. The third-order valence-electron chi connectivity index (χ3n) is 2.05. The average Bonchev–Trinajstić information content (AvgIpc) is 2.77. The number of nitrogens with two attached hydrogens (primary N) is 1. The van der Waals surface area contributed by atoms with Gasteiger partial charge in [-0.3, -0.25) is 0 Å². The Kier molecular flexibility index (Phi) is 3.61. The van der Waals surface area contributed by atoms with Gasteiger partial charge in [-0.15, -0.1) is 0 Å². The number of nitrogen functional groups attached to an aromatic ring is 1. The summed E-state index contributed by atoms with van der Waals surface area (Å²) in [4.78, 5) is 15.3. The summed E-state index contributed by atoms with van der Waals surface area (Å²) in [7, 11) is 0. The van der Waals surface area contributed by atoms with Crippen LogP contribution in [0.4, 0.5) is 5.69 Å². The number of carbonyl (C=O) groups excluding carboxylic acids is 1. The molecule has 1 aromatic heterocycles. The Morgan fingerprint density at radius 3 is 2.94 bits per heavy atom. The van der Waals surface area contributed by atoms with Gasteiger partial charge < -0.3 is 15.0 Å². The third-order valence-corrected chi connectivity index (χ3v) is 2.51. The van der Waals surface area contributed by atoms with Crippen LogP contribution < -0.4 is 5.73 Å². The molecule has 0 aliphatic heterocycles. The van der Waals surface area contributed by atoms with Crippen molar-refractivity contribution in [3.8, 4) is 11.5 Å². The molecule has 6 nitrogen and oxygen atoms in total. The van der Waals surface area contributed by atoms with E-state index in [-0.39, 0.29) is 18.3 Å². The van der Waals surface area contributed by atoms with Gasteiger partial charge >= 0.3 is 5.97 Å². The molecular weight excluding hydrogens is 302 g/mol. The van der Waals surface area contributed by atoms with Crippen molar-refractivity contribution in [2.75, 3.05) is 12.3 Å². The fraction of sp³-hybridized carbons (Fsp3) is 0.182. The van der Waals surface area contributed by atoms with Gasteiger partial charge in [0.1, 0.15) is 0 Å². The Morgan fingerprint density at radius 2 is 2.28 bits per heavy atom. The Balaban J connectivity index is 2.32. The largest absolute Gasteiger partial charge is 0.460 e. The van der Waals surface area contributed by atoms with Crippen molar-refractivity contribution in [3.63, 3.8) is 0 Å². The number of nitrogens with zero attached hydrogens (tertiary/aromatic N) is 2. The lowest BCUT2D eigenvalue weighted by atomic mass is 10.2. The van der Waals surface area contributed by atoms with Crippen LogP contribution in [0.2, 0.25) is 0 Å². The molecule has 0 saturated heterocycles. The number of hydrogen-bond donors (Lipinski definition) is 1. The number of carbonyl (C=O) groups is 1. The first kappa shape index (κ1) is 12.6. The fourth-order valence-corrected chi connectivity index (χ4v) is 1.87. The van der Waals surface area contributed by atoms with E-state index in [1.54, 1.807) is 25.1 Å². The summed E-state index contributed by atoms with van der Waals surface area (Å²) >= 11 is 3.31. The molecule has 0 radical (unpaired) electrons. The number of hydrogen-bond acceptors (Lipinski definition) is 6. The summed E-state index contributed by atoms with van der Waals surface area (Å²) in [5.41, 5.74) is 6.88. The lowest BCUT2D eigenvalue weighted by molar-refractivity contribution is 0.0508. The Bertz CT molecular complexity index is 562. The lowest BCUT2D eigenvalue weighted by Gasteiger charge is -1.98. The van der Waals surface area contributed by atoms with E-state index in [2.05, 4.69) is 26.1 Å². The van der Waals surface area contributed by atoms with E-state index in [4.69, 9.17) is 15.0 Å². The summed E-state index contributed by atoms with van der Waals surface area (Å²) < 4.78 is 10.5. The summed E-state index contributed by atoms with van der Waals surface area (Å²) in [6.07, 6.45) is 0. The molecule has 1 heterocycles. The number of ether oxygens (including phenoxy) is 1. The van der Waals surface area contributed by atoms with Crippen LogP contribution in [0.3, 0.4) is 0 Å². The minimum Gasteiger partial charge on any atom is -0.460 e. The van der Waals surface area contributed by atoms with Crippen LogP contribution >= 0.6 is 15.9 Å². The molecule has 0 spiro atoms. The summed E-state index contributed by atoms with van der Waals surface area (Å²) in [6.45, 7) is 1.96. The second kappa shape index (κ2) is 5.18. The summed E-state index contributed by atoms with van der Waals surface area (Å²) in [5.74, 6) is -0.507. The summed E-state index contributed by atoms with van der Waals surface area (Å²) in [6, 6.07) is 5.18. The number of anilines is 1. The second-order valence-corrected chi connectivity index (χ2v) is 4.33. The number of benzene rings is 1. The van der Waals surface area contributed by atoms with E-state index < -0.39 is 5.97 Å². The van der Waals surface area contributed by atoms with Crippen LogP contribution in [-0.4, -0.2) is 22.7 Å². The van der Waals surface area contributed by atoms with Gasteiger partial charge in [-0.25, -0.2) is 4.79 Å². The first-order valence-corrected chi connectivity index (χ1v) is 5.96. The zero-order valence-electron chi connectivity index (χ0n) is 9.51. The molecule has 2 rings (SSSR count). The van der Waals surface area contributed by atoms with Crippen molar-refractivity contribution >= 4 is 27.6 Å². The van der Waals surface area contributed by atoms with Gasteiger partial charge in [0.15, 0.2) is 0 Å². The first-order chi connectivity index (χ1) is 8.60. The van der Waals surface area contributed by atoms with Crippen LogP contribution in [0.5, 0.6) is 0 Å². The molecule has 0 aliphatic rings. The standard InChI is InChI=1S/C11H10BrN3O3/c1-2-17-11(16)9-14-10(18-15-9)6-3-7(12)5-8(13)4-6/h3-5H,2,13H2,1H3. The van der Waals surface area contributed by atoms with Crippen molar-refractivity contribution in [3.05, 3.63) is 28.5 Å². The zero-order valence-corrected chi connectivity index (χ0v) is 11.1. The minimum atomic E-state index is -0.615. The van der Waals surface area contributed by atoms with E-state index >= 15 is 0 Å². The Labute approximate surface area is 111 Å². The van der Waals surface area contributed by atoms with Gasteiger partial charge in [0.05, 0.1) is 6.61 Å². The van der Waals surface area contributed by atoms with Gasteiger partial charge in [0.2, 0.25) is 0 Å². The van der Waals surface area contributed by atoms with Crippen LogP contribution in [0.15, 0.2) is 27.2 Å². The number of halogens is 1. The van der Waals surface area contributed by atoms with Gasteiger partial charge in [-0.05, 0) is 30.3 Å². The van der Waals surface area contributed by atoms with Crippen molar-refractivity contribution in [2.24, 2.45) is 0 Å². The molecule has 1 aromatic carbocycles. The maximum atomic E-state index is 11.4. The number of esters is 1. The van der Waals surface area contributed by atoms with E-state index in [0.717, 1.165) is 4.47 Å². The molecule has 7 heteroatoms. The van der Waals surface area contributed by atoms with Crippen LogP contribution in [-0.2, 0) is 4.74 Å². The molecule has 94 valence electrons. The SMILES string of the molecule is CCOC(=O)c1noc(-c2cc(N)cc(Br)c2)n1. The summed E-state index contributed by atoms with van der Waals surface area (Å²) in [5, 5.41) is 3.55. The average molecular weight is 312 g/mol. The van der Waals surface area contributed by atoms with Crippen molar-refractivity contribution < 1.29 is 14.1 Å². The van der Waals surface area contributed by atoms with Crippen LogP contribution in [0.25, 0.3) is 11.5 Å². The van der Waals surface area contributed by atoms with Gasteiger partial charge in [0.25, 0.3) is 11.7 Å². The number of rotatable bonds is 3. The molecule has 2 N–H and O–H groups in total. The molecule has 0 bridgehead atoms. The van der Waals surface area contributed by atoms with Crippen molar-refractivity contribution in [1.29, 1.82) is 0 Å². The van der Waals surface area contributed by atoms with Gasteiger partial charge in [-0.2, -0.15) is 4.98 Å². The fourth-order valence-electron chi connectivity index (χ4n) is 1.36. The molecule has 2 aromatic rings. The van der Waals surface area contributed by atoms with E-state index in [0.29, 0.717) is 11.3 Å².